The topological polar surface area (TPSA) is 82.5 Å². The third-order valence-corrected chi connectivity index (χ3v) is 11.2. The van der Waals surface area contributed by atoms with Gasteiger partial charge in [0, 0.05) is 27.5 Å². The van der Waals surface area contributed by atoms with E-state index < -0.39 is 0 Å². The number of benzene rings is 6. The first-order valence-electron chi connectivity index (χ1n) is 18.3. The van der Waals surface area contributed by atoms with Crippen LogP contribution in [0.1, 0.15) is 18.7 Å². The van der Waals surface area contributed by atoms with Crippen LogP contribution in [0.4, 0.5) is 0 Å². The summed E-state index contributed by atoms with van der Waals surface area (Å²) in [6.07, 6.45) is 8.19. The third kappa shape index (κ3) is 5.54. The second-order valence-corrected chi connectivity index (χ2v) is 14.7. The van der Waals surface area contributed by atoms with E-state index >= 15 is 0 Å². The van der Waals surface area contributed by atoms with Gasteiger partial charge in [-0.3, -0.25) is 4.57 Å². The minimum absolute atomic E-state index is 0.558. The lowest BCUT2D eigenvalue weighted by Gasteiger charge is -2.11. The maximum atomic E-state index is 6.36. The molecule has 0 atom stereocenters. The van der Waals surface area contributed by atoms with Crippen molar-refractivity contribution in [2.24, 2.45) is 0 Å². The standard InChI is InChI=1S/C47H30N6OS/c1-3-12-29(13-4-1)43-50-44(30-14-5-2-6-15-30)52-45(51-43)33-23-25-41-38(28-33)48-46(54-41)34-17-11-16-31(26-34)32-22-24-40-36(27-32)35-18-7-9-20-39(35)53(40)47-49-37-19-8-10-21-42(37)55-47/h1-5,7-14,16-28H,6,15H2. The van der Waals surface area contributed by atoms with Gasteiger partial charge >= 0.3 is 0 Å². The van der Waals surface area contributed by atoms with E-state index in [1.807, 2.05) is 60.7 Å². The third-order valence-electron chi connectivity index (χ3n) is 10.2. The minimum atomic E-state index is 0.558. The average Bonchev–Trinajstić information content (AvgIpc) is 3.97. The quantitative estimate of drug-likeness (QED) is 0.170. The van der Waals surface area contributed by atoms with Crippen molar-refractivity contribution in [3.05, 3.63) is 164 Å². The number of hydrogen-bond donors (Lipinski definition) is 0. The summed E-state index contributed by atoms with van der Waals surface area (Å²) in [5.74, 6) is 2.51. The van der Waals surface area contributed by atoms with Gasteiger partial charge in [0.15, 0.2) is 28.2 Å². The average molecular weight is 727 g/mol. The maximum absolute atomic E-state index is 6.36. The lowest BCUT2D eigenvalue weighted by atomic mass is 10.0. The second-order valence-electron chi connectivity index (χ2n) is 13.7. The molecular formula is C47H30N6OS. The molecule has 11 rings (SSSR count). The van der Waals surface area contributed by atoms with E-state index in [2.05, 4.69) is 102 Å². The highest BCUT2D eigenvalue weighted by Gasteiger charge is 2.18. The molecule has 6 aromatic carbocycles. The van der Waals surface area contributed by atoms with Gasteiger partial charge in [-0.2, -0.15) is 0 Å². The predicted molar refractivity (Wildman–Crippen MR) is 223 cm³/mol. The zero-order chi connectivity index (χ0) is 36.3. The van der Waals surface area contributed by atoms with Gasteiger partial charge in [0.05, 0.1) is 21.3 Å². The Balaban J connectivity index is 0.962. The Labute approximate surface area is 319 Å². The van der Waals surface area contributed by atoms with Crippen molar-refractivity contribution in [1.82, 2.24) is 29.5 Å². The van der Waals surface area contributed by atoms with Gasteiger partial charge < -0.3 is 4.42 Å². The zero-order valence-electron chi connectivity index (χ0n) is 29.4. The summed E-state index contributed by atoms with van der Waals surface area (Å²) in [5, 5.41) is 3.34. The normalized spacial score (nSPS) is 13.0. The van der Waals surface area contributed by atoms with Crippen LogP contribution in [0.5, 0.6) is 0 Å². The first-order valence-corrected chi connectivity index (χ1v) is 19.1. The van der Waals surface area contributed by atoms with E-state index in [0.29, 0.717) is 28.9 Å². The number of fused-ring (bicyclic) bond motifs is 5. The maximum Gasteiger partial charge on any atom is 0.227 e. The van der Waals surface area contributed by atoms with Gasteiger partial charge in [-0.05, 0) is 90.2 Å². The summed E-state index contributed by atoms with van der Waals surface area (Å²) in [7, 11) is 0. The van der Waals surface area contributed by atoms with Crippen LogP contribution in [0, 0.1) is 0 Å². The SMILES string of the molecule is C1=CCCC(c2nc(-c3ccccc3)nc(-c3ccc4oc(-c5cccc(-c6ccc7c(c6)c6ccccc6n7-c6nc7ccccc7s6)c5)nc4c3)n2)=C1. The summed E-state index contributed by atoms with van der Waals surface area (Å²) in [6.45, 7) is 0. The molecule has 4 aromatic heterocycles. The number of thiazole rings is 1. The number of para-hydroxylation sites is 2. The van der Waals surface area contributed by atoms with Gasteiger partial charge in [-0.15, -0.1) is 0 Å². The number of nitrogens with zero attached hydrogens (tertiary/aromatic N) is 6. The summed E-state index contributed by atoms with van der Waals surface area (Å²) in [4.78, 5) is 24.7. The van der Waals surface area contributed by atoms with Crippen LogP contribution >= 0.6 is 11.3 Å². The molecule has 1 aliphatic rings. The van der Waals surface area contributed by atoms with Crippen LogP contribution in [0.25, 0.3) is 99.2 Å². The molecule has 260 valence electrons. The highest BCUT2D eigenvalue weighted by molar-refractivity contribution is 7.20. The number of oxazole rings is 1. The molecule has 0 aliphatic heterocycles. The predicted octanol–water partition coefficient (Wildman–Crippen LogP) is 12.1. The van der Waals surface area contributed by atoms with Crippen molar-refractivity contribution in [2.75, 3.05) is 0 Å². The first kappa shape index (κ1) is 31.5. The highest BCUT2D eigenvalue weighted by Crippen LogP contribution is 2.38. The summed E-state index contributed by atoms with van der Waals surface area (Å²) < 4.78 is 9.82. The Bertz CT molecular complexity index is 3140. The Kier molecular flexibility index (Phi) is 7.34. The van der Waals surface area contributed by atoms with Crippen LogP contribution in [0.15, 0.2) is 162 Å². The Morgan fingerprint density at radius 1 is 0.527 bits per heavy atom. The number of hydrogen-bond acceptors (Lipinski definition) is 7. The fourth-order valence-corrected chi connectivity index (χ4v) is 8.48. The largest absolute Gasteiger partial charge is 0.436 e. The van der Waals surface area contributed by atoms with Crippen LogP contribution in [-0.2, 0) is 0 Å². The Morgan fingerprint density at radius 2 is 1.27 bits per heavy atom. The van der Waals surface area contributed by atoms with Crippen LogP contribution < -0.4 is 0 Å². The monoisotopic (exact) mass is 726 g/mol. The lowest BCUT2D eigenvalue weighted by Crippen LogP contribution is -2.03. The zero-order valence-corrected chi connectivity index (χ0v) is 30.2. The van der Waals surface area contributed by atoms with Gasteiger partial charge in [0.25, 0.3) is 0 Å². The number of allylic oxidation sites excluding steroid dienone is 4. The molecule has 0 amide bonds. The molecule has 0 radical (unpaired) electrons. The Morgan fingerprint density at radius 3 is 2.16 bits per heavy atom. The molecule has 0 unspecified atom stereocenters. The van der Waals surface area contributed by atoms with Crippen molar-refractivity contribution in [2.45, 2.75) is 12.8 Å². The van der Waals surface area contributed by atoms with E-state index in [0.717, 1.165) is 73.4 Å². The molecule has 0 fully saturated rings. The smallest absolute Gasteiger partial charge is 0.227 e. The van der Waals surface area contributed by atoms with Crippen LogP contribution in [0.2, 0.25) is 0 Å². The minimum Gasteiger partial charge on any atom is -0.436 e. The highest BCUT2D eigenvalue weighted by atomic mass is 32.1. The molecule has 0 saturated heterocycles. The molecule has 0 saturated carbocycles. The molecule has 1 aliphatic carbocycles. The van der Waals surface area contributed by atoms with E-state index in [-0.39, 0.29) is 0 Å². The molecule has 10 aromatic rings. The van der Waals surface area contributed by atoms with Gasteiger partial charge in [0.1, 0.15) is 5.52 Å². The Hall–Kier alpha value is -7.03. The van der Waals surface area contributed by atoms with E-state index in [1.54, 1.807) is 11.3 Å². The van der Waals surface area contributed by atoms with Crippen molar-refractivity contribution < 1.29 is 4.42 Å². The molecule has 7 nitrogen and oxygen atoms in total. The molecular weight excluding hydrogens is 697 g/mol. The van der Waals surface area contributed by atoms with Gasteiger partial charge in [-0.1, -0.05) is 108 Å². The van der Waals surface area contributed by atoms with Crippen molar-refractivity contribution in [3.63, 3.8) is 0 Å². The summed E-state index contributed by atoms with van der Waals surface area (Å²) in [6, 6.07) is 48.0. The van der Waals surface area contributed by atoms with Crippen molar-refractivity contribution in [1.29, 1.82) is 0 Å². The number of rotatable bonds is 6. The first-order chi connectivity index (χ1) is 27.2. The molecule has 0 spiro atoms. The molecule has 0 bridgehead atoms. The van der Waals surface area contributed by atoms with Crippen molar-refractivity contribution in [3.8, 4) is 50.5 Å². The molecule has 4 heterocycles. The molecule has 0 N–H and O–H groups in total. The lowest BCUT2D eigenvalue weighted by molar-refractivity contribution is 0.620. The summed E-state index contributed by atoms with van der Waals surface area (Å²) >= 11 is 1.71. The van der Waals surface area contributed by atoms with Gasteiger partial charge in [-0.25, -0.2) is 24.9 Å². The van der Waals surface area contributed by atoms with Crippen LogP contribution in [-0.4, -0.2) is 29.5 Å². The second kappa shape index (κ2) is 12.8. The van der Waals surface area contributed by atoms with Gasteiger partial charge in [0.2, 0.25) is 5.89 Å². The van der Waals surface area contributed by atoms with E-state index in [1.165, 1.54) is 15.5 Å². The van der Waals surface area contributed by atoms with Crippen molar-refractivity contribution >= 4 is 60.0 Å². The fraction of sp³-hybridized carbons (Fsp3) is 0.0426. The molecule has 8 heteroatoms. The van der Waals surface area contributed by atoms with E-state index in [4.69, 9.17) is 29.3 Å². The fourth-order valence-electron chi connectivity index (χ4n) is 7.49. The summed E-state index contributed by atoms with van der Waals surface area (Å²) in [5.41, 5.74) is 10.7. The number of aromatic nitrogens is 6. The molecule has 55 heavy (non-hydrogen) atoms. The van der Waals surface area contributed by atoms with E-state index in [9.17, 15) is 0 Å². The van der Waals surface area contributed by atoms with Crippen LogP contribution in [0.3, 0.4) is 0 Å².